The molecule has 2 amide bonds. The normalized spacial score (nSPS) is 21.0. The van der Waals surface area contributed by atoms with Crippen LogP contribution in [0.1, 0.15) is 59.3 Å². The van der Waals surface area contributed by atoms with E-state index in [1.807, 2.05) is 0 Å². The lowest BCUT2D eigenvalue weighted by Gasteiger charge is -2.39. The first kappa shape index (κ1) is 25.1. The summed E-state index contributed by atoms with van der Waals surface area (Å²) in [5.74, 6) is -6.07. The number of benzene rings is 1. The molecule has 3 heterocycles. The zero-order valence-corrected chi connectivity index (χ0v) is 19.4. The number of amides is 2. The van der Waals surface area contributed by atoms with E-state index in [0.29, 0.717) is 25.0 Å². The number of ether oxygens (including phenoxy) is 1. The highest BCUT2D eigenvalue weighted by molar-refractivity contribution is 5.99. The predicted octanol–water partition coefficient (Wildman–Crippen LogP) is 2.40. The minimum atomic E-state index is -1.22. The molecule has 0 saturated heterocycles. The van der Waals surface area contributed by atoms with Crippen molar-refractivity contribution >= 4 is 17.7 Å². The maximum atomic E-state index is 13.9. The third kappa shape index (κ3) is 4.60. The highest BCUT2D eigenvalue weighted by Crippen LogP contribution is 2.30. The molecule has 1 aromatic carbocycles. The van der Waals surface area contributed by atoms with E-state index in [9.17, 15) is 32.7 Å². The minimum Gasteiger partial charge on any atom is -0.503 e. The Morgan fingerprint density at radius 2 is 1.94 bits per heavy atom. The number of aromatic nitrogens is 1. The SMILES string of the molecule is CC/C1=N/OCC[C@H](C)N2C[C@H](O1)n1cc(C(=O)NCc3c(F)cc(F)cc3F)c(=O)c(O)c1C2=O. The lowest BCUT2D eigenvalue weighted by Crippen LogP contribution is -2.50. The fraction of sp³-hybridized carbons (Fsp3) is 0.391. The van der Waals surface area contributed by atoms with E-state index in [2.05, 4.69) is 10.5 Å². The van der Waals surface area contributed by atoms with Crippen molar-refractivity contribution in [2.45, 2.75) is 45.5 Å². The predicted molar refractivity (Wildman–Crippen MR) is 119 cm³/mol. The van der Waals surface area contributed by atoms with E-state index in [1.165, 1.54) is 4.90 Å². The Bertz CT molecular complexity index is 1290. The van der Waals surface area contributed by atoms with E-state index >= 15 is 0 Å². The average molecular weight is 508 g/mol. The Morgan fingerprint density at radius 3 is 2.61 bits per heavy atom. The quantitative estimate of drug-likeness (QED) is 0.654. The zero-order chi connectivity index (χ0) is 26.1. The summed E-state index contributed by atoms with van der Waals surface area (Å²) in [6, 6.07) is 0.569. The van der Waals surface area contributed by atoms with Gasteiger partial charge in [0, 0.05) is 49.3 Å². The van der Waals surface area contributed by atoms with Gasteiger partial charge in [-0.15, -0.1) is 0 Å². The number of nitrogens with zero attached hydrogens (tertiary/aromatic N) is 3. The summed E-state index contributed by atoms with van der Waals surface area (Å²) >= 11 is 0. The highest BCUT2D eigenvalue weighted by Gasteiger charge is 2.39. The van der Waals surface area contributed by atoms with Gasteiger partial charge in [-0.3, -0.25) is 14.4 Å². The smallest absolute Gasteiger partial charge is 0.275 e. The largest absolute Gasteiger partial charge is 0.503 e. The van der Waals surface area contributed by atoms with E-state index in [4.69, 9.17) is 9.57 Å². The van der Waals surface area contributed by atoms with Crippen molar-refractivity contribution in [1.29, 1.82) is 0 Å². The summed E-state index contributed by atoms with van der Waals surface area (Å²) in [7, 11) is 0. The van der Waals surface area contributed by atoms with Crippen molar-refractivity contribution in [3.05, 3.63) is 62.8 Å². The number of fused-ring (bicyclic) bond motifs is 4. The van der Waals surface area contributed by atoms with Gasteiger partial charge >= 0.3 is 0 Å². The van der Waals surface area contributed by atoms with Crippen molar-refractivity contribution in [1.82, 2.24) is 14.8 Å². The Labute approximate surface area is 202 Å². The van der Waals surface area contributed by atoms with Crippen molar-refractivity contribution in [2.24, 2.45) is 5.16 Å². The third-order valence-corrected chi connectivity index (χ3v) is 6.01. The zero-order valence-electron chi connectivity index (χ0n) is 19.4. The first-order chi connectivity index (χ1) is 17.1. The molecule has 10 nitrogen and oxygen atoms in total. The van der Waals surface area contributed by atoms with Gasteiger partial charge in [0.15, 0.2) is 17.7 Å². The number of oxime groups is 1. The van der Waals surface area contributed by atoms with Gasteiger partial charge in [-0.1, -0.05) is 12.1 Å². The Kier molecular flexibility index (Phi) is 6.91. The van der Waals surface area contributed by atoms with Crippen LogP contribution in [-0.4, -0.2) is 51.5 Å². The van der Waals surface area contributed by atoms with Gasteiger partial charge in [0.2, 0.25) is 11.3 Å². The number of hydrogen-bond acceptors (Lipinski definition) is 7. The number of aromatic hydroxyl groups is 1. The second-order valence-electron chi connectivity index (χ2n) is 8.35. The molecule has 1 aromatic heterocycles. The molecule has 2 aliphatic rings. The molecule has 0 fully saturated rings. The van der Waals surface area contributed by atoms with Crippen LogP contribution in [0, 0.1) is 17.5 Å². The van der Waals surface area contributed by atoms with Crippen LogP contribution < -0.4 is 10.7 Å². The summed E-state index contributed by atoms with van der Waals surface area (Å²) < 4.78 is 48.1. The second kappa shape index (κ2) is 9.91. The second-order valence-corrected chi connectivity index (χ2v) is 8.35. The first-order valence-corrected chi connectivity index (χ1v) is 11.2. The molecule has 0 saturated carbocycles. The lowest BCUT2D eigenvalue weighted by atomic mass is 10.1. The fourth-order valence-corrected chi connectivity index (χ4v) is 4.00. The van der Waals surface area contributed by atoms with Crippen LogP contribution >= 0.6 is 0 Å². The van der Waals surface area contributed by atoms with Crippen molar-refractivity contribution < 1.29 is 37.4 Å². The number of pyridine rings is 1. The molecule has 4 rings (SSSR count). The number of carbonyl (C=O) groups excluding carboxylic acids is 2. The Morgan fingerprint density at radius 1 is 1.25 bits per heavy atom. The monoisotopic (exact) mass is 508 g/mol. The molecule has 2 atom stereocenters. The molecular weight excluding hydrogens is 485 g/mol. The van der Waals surface area contributed by atoms with Crippen molar-refractivity contribution in [2.75, 3.05) is 13.2 Å². The Hall–Kier alpha value is -4.03. The van der Waals surface area contributed by atoms with E-state index in [0.717, 1.165) is 10.8 Å². The molecular formula is C23H23F3N4O6. The van der Waals surface area contributed by atoms with Gasteiger partial charge in [0.25, 0.3) is 11.8 Å². The van der Waals surface area contributed by atoms with Crippen LogP contribution in [0.2, 0.25) is 0 Å². The van der Waals surface area contributed by atoms with E-state index in [1.54, 1.807) is 13.8 Å². The maximum absolute atomic E-state index is 13.9. The topological polar surface area (TPSA) is 122 Å². The number of carbonyl (C=O) groups is 2. The Balaban J connectivity index is 1.72. The molecule has 0 unspecified atom stereocenters. The van der Waals surface area contributed by atoms with Gasteiger partial charge < -0.3 is 29.5 Å². The summed E-state index contributed by atoms with van der Waals surface area (Å²) in [4.78, 5) is 45.5. The van der Waals surface area contributed by atoms with Crippen LogP contribution in [0.15, 0.2) is 28.3 Å². The van der Waals surface area contributed by atoms with E-state index < -0.39 is 64.3 Å². The molecule has 0 spiro atoms. The number of halogens is 3. The minimum absolute atomic E-state index is 0.0292. The summed E-state index contributed by atoms with van der Waals surface area (Å²) in [6.07, 6.45) is 0.838. The van der Waals surface area contributed by atoms with Crippen LogP contribution in [0.3, 0.4) is 0 Å². The summed E-state index contributed by atoms with van der Waals surface area (Å²) in [5.41, 5.74) is -2.74. The molecule has 2 N–H and O–H groups in total. The van der Waals surface area contributed by atoms with Crippen LogP contribution in [-0.2, 0) is 16.1 Å². The number of nitrogens with one attached hydrogen (secondary N) is 1. The van der Waals surface area contributed by atoms with Gasteiger partial charge in [0.05, 0.1) is 6.54 Å². The number of hydrogen-bond donors (Lipinski definition) is 2. The third-order valence-electron chi connectivity index (χ3n) is 6.01. The molecule has 0 radical (unpaired) electrons. The van der Waals surface area contributed by atoms with Gasteiger partial charge in [0.1, 0.15) is 29.6 Å². The molecule has 2 bridgehead atoms. The standard InChI is InChI=1S/C23H23F3N4O6/c1-3-17-28-35-5-4-11(2)29-10-18(36-17)30-9-14(20(31)21(32)19(30)23(29)34)22(33)27-8-13-15(25)6-12(24)7-16(13)26/h6-7,9,11,18,32H,3-5,8,10H2,1-2H3,(H,27,33)/b28-17-/t11-,18-/m0/s1. The molecule has 2 aromatic rings. The molecule has 192 valence electrons. The molecule has 0 aliphatic carbocycles. The highest BCUT2D eigenvalue weighted by atomic mass is 19.1. The average Bonchev–Trinajstić information content (AvgIpc) is 2.82. The van der Waals surface area contributed by atoms with Gasteiger partial charge in [-0.25, -0.2) is 13.2 Å². The van der Waals surface area contributed by atoms with E-state index in [-0.39, 0.29) is 30.8 Å². The summed E-state index contributed by atoms with van der Waals surface area (Å²) in [5, 5.41) is 16.8. The molecule has 2 aliphatic heterocycles. The van der Waals surface area contributed by atoms with Crippen LogP contribution in [0.5, 0.6) is 5.75 Å². The van der Waals surface area contributed by atoms with Crippen molar-refractivity contribution in [3.8, 4) is 5.75 Å². The lowest BCUT2D eigenvalue weighted by molar-refractivity contribution is 0.00247. The van der Waals surface area contributed by atoms with Crippen LogP contribution in [0.25, 0.3) is 0 Å². The molecule has 13 heteroatoms. The molecule has 36 heavy (non-hydrogen) atoms. The van der Waals surface area contributed by atoms with Crippen molar-refractivity contribution in [3.63, 3.8) is 0 Å². The first-order valence-electron chi connectivity index (χ1n) is 11.2. The fourth-order valence-electron chi connectivity index (χ4n) is 4.00. The van der Waals surface area contributed by atoms with Gasteiger partial charge in [-0.2, -0.15) is 0 Å². The maximum Gasteiger partial charge on any atom is 0.275 e. The number of rotatable bonds is 4. The van der Waals surface area contributed by atoms with Crippen LogP contribution in [0.4, 0.5) is 13.2 Å². The van der Waals surface area contributed by atoms with Gasteiger partial charge in [-0.05, 0) is 6.92 Å². The summed E-state index contributed by atoms with van der Waals surface area (Å²) in [6.45, 7) is 3.08.